The summed E-state index contributed by atoms with van der Waals surface area (Å²) >= 11 is 1.76. The number of thiophene rings is 1. The van der Waals surface area contributed by atoms with Crippen LogP contribution in [0.5, 0.6) is 0 Å². The summed E-state index contributed by atoms with van der Waals surface area (Å²) in [5, 5.41) is 12.1. The number of benzene rings is 2. The number of ether oxygens (including phenoxy) is 2. The first-order chi connectivity index (χ1) is 19.9. The zero-order valence-corrected chi connectivity index (χ0v) is 26.9. The number of nitrogens with one attached hydrogen (secondary N) is 1. The number of carboxylic acids is 1. The highest BCUT2D eigenvalue weighted by Crippen LogP contribution is 2.31. The Morgan fingerprint density at radius 1 is 1.05 bits per heavy atom. The molecule has 230 valence electrons. The molecule has 2 atom stereocenters. The van der Waals surface area contributed by atoms with E-state index < -0.39 is 27.8 Å². The van der Waals surface area contributed by atoms with Crippen LogP contribution in [0.1, 0.15) is 71.0 Å². The van der Waals surface area contributed by atoms with E-state index in [1.165, 1.54) is 4.88 Å². The van der Waals surface area contributed by atoms with Gasteiger partial charge in [0.1, 0.15) is 15.9 Å². The molecule has 1 aromatic heterocycles. The monoisotopic (exact) mass is 617 g/mol. The zero-order chi connectivity index (χ0) is 31.3. The number of amides is 1. The summed E-state index contributed by atoms with van der Waals surface area (Å²) < 4.78 is 33.8. The predicted molar refractivity (Wildman–Crippen MR) is 169 cm³/mol. The molecule has 2 aromatic carbocycles. The van der Waals surface area contributed by atoms with Gasteiger partial charge >= 0.3 is 5.97 Å². The van der Waals surface area contributed by atoms with Crippen molar-refractivity contribution in [2.45, 2.75) is 65.7 Å². The van der Waals surface area contributed by atoms with Crippen LogP contribution in [0, 0.1) is 6.92 Å². The van der Waals surface area contributed by atoms with E-state index in [1.54, 1.807) is 30.6 Å². The van der Waals surface area contributed by atoms with E-state index in [-0.39, 0.29) is 18.3 Å². The average Bonchev–Trinajstić information content (AvgIpc) is 3.42. The van der Waals surface area contributed by atoms with Crippen molar-refractivity contribution in [2.24, 2.45) is 0 Å². The summed E-state index contributed by atoms with van der Waals surface area (Å²) in [6.45, 7) is 9.25. The number of aryl methyl sites for hydroxylation is 2. The molecule has 0 fully saturated rings. The molecular formula is C32H43NO7S2. The van der Waals surface area contributed by atoms with Crippen LogP contribution in [-0.4, -0.2) is 57.2 Å². The summed E-state index contributed by atoms with van der Waals surface area (Å²) in [6, 6.07) is 15.9. The highest BCUT2D eigenvalue weighted by Gasteiger charge is 2.24. The molecule has 0 spiro atoms. The van der Waals surface area contributed by atoms with E-state index in [2.05, 4.69) is 29.1 Å². The first-order valence-corrected chi connectivity index (χ1v) is 16.9. The summed E-state index contributed by atoms with van der Waals surface area (Å²) in [6.07, 6.45) is 2.89. The van der Waals surface area contributed by atoms with Crippen LogP contribution in [0.4, 0.5) is 0 Å². The highest BCUT2D eigenvalue weighted by atomic mass is 32.2. The number of rotatable bonds is 14. The zero-order valence-electron chi connectivity index (χ0n) is 25.3. The lowest BCUT2D eigenvalue weighted by Crippen LogP contribution is -2.42. The van der Waals surface area contributed by atoms with Gasteiger partial charge in [0.25, 0.3) is 5.91 Å². The number of hydrogen-bond acceptors (Lipinski definition) is 7. The van der Waals surface area contributed by atoms with Crippen molar-refractivity contribution in [1.29, 1.82) is 0 Å². The second-order valence-corrected chi connectivity index (χ2v) is 13.5. The predicted octanol–water partition coefficient (Wildman–Crippen LogP) is 6.22. The number of hydrogen-bond donors (Lipinski definition) is 2. The third kappa shape index (κ3) is 11.3. The fourth-order valence-electron chi connectivity index (χ4n) is 4.10. The van der Waals surface area contributed by atoms with Crippen LogP contribution >= 0.6 is 11.3 Å². The van der Waals surface area contributed by atoms with Crippen LogP contribution in [0.15, 0.2) is 54.6 Å². The Kier molecular flexibility index (Phi) is 14.4. The molecule has 10 heteroatoms. The molecule has 0 radical (unpaired) electrons. The number of carbonyl (C=O) groups excluding carboxylic acids is 1. The van der Waals surface area contributed by atoms with Gasteiger partial charge in [-0.1, -0.05) is 43.7 Å². The molecule has 0 saturated heterocycles. The van der Waals surface area contributed by atoms with Gasteiger partial charge in [-0.15, -0.1) is 11.3 Å². The molecule has 0 bridgehead atoms. The molecule has 3 aromatic rings. The largest absolute Gasteiger partial charge is 0.480 e. The van der Waals surface area contributed by atoms with Gasteiger partial charge in [0, 0.05) is 35.3 Å². The Morgan fingerprint density at radius 3 is 2.33 bits per heavy atom. The summed E-state index contributed by atoms with van der Waals surface area (Å²) in [5.74, 6) is -2.20. The van der Waals surface area contributed by atoms with Gasteiger partial charge in [0.15, 0.2) is 0 Å². The van der Waals surface area contributed by atoms with Gasteiger partial charge in [-0.3, -0.25) is 4.79 Å². The number of carboxylic acid groups (broad SMARTS) is 1. The van der Waals surface area contributed by atoms with Gasteiger partial charge in [-0.05, 0) is 80.1 Å². The summed E-state index contributed by atoms with van der Waals surface area (Å²) in [4.78, 5) is 27.5. The molecule has 2 N–H and O–H groups in total. The smallest absolute Gasteiger partial charge is 0.326 e. The highest BCUT2D eigenvalue weighted by molar-refractivity contribution is 7.90. The maximum absolute atomic E-state index is 13.3. The molecule has 2 unspecified atom stereocenters. The Hall–Kier alpha value is -3.05. The summed E-state index contributed by atoms with van der Waals surface area (Å²) in [7, 11) is -1.70. The molecule has 1 amide bonds. The molecule has 0 saturated carbocycles. The Bertz CT molecular complexity index is 1410. The SMILES string of the molecule is CCCc1ccc(C(C)OCc2ccc(C(=O)NC(CCS(C)(=O)=O)C(=O)O)c(-c3ccccc3C)c2)s1.CCOC. The minimum Gasteiger partial charge on any atom is -0.480 e. The molecule has 0 aliphatic heterocycles. The fourth-order valence-corrected chi connectivity index (χ4v) is 5.88. The van der Waals surface area contributed by atoms with E-state index in [4.69, 9.17) is 4.74 Å². The van der Waals surface area contributed by atoms with Gasteiger partial charge < -0.3 is 19.9 Å². The third-order valence-corrected chi connectivity index (χ3v) is 8.80. The number of sulfone groups is 1. The second kappa shape index (κ2) is 17.2. The maximum atomic E-state index is 13.3. The van der Waals surface area contributed by atoms with E-state index in [9.17, 15) is 23.1 Å². The molecule has 8 nitrogen and oxygen atoms in total. The average molecular weight is 618 g/mol. The van der Waals surface area contributed by atoms with Crippen molar-refractivity contribution < 1.29 is 32.6 Å². The van der Waals surface area contributed by atoms with Crippen molar-refractivity contribution >= 4 is 33.1 Å². The Morgan fingerprint density at radius 2 is 1.74 bits per heavy atom. The van der Waals surface area contributed by atoms with Gasteiger partial charge in [-0.25, -0.2) is 13.2 Å². The van der Waals surface area contributed by atoms with Gasteiger partial charge in [0.2, 0.25) is 0 Å². The molecule has 42 heavy (non-hydrogen) atoms. The van der Waals surface area contributed by atoms with Crippen molar-refractivity contribution in [3.05, 3.63) is 81.0 Å². The van der Waals surface area contributed by atoms with Crippen molar-refractivity contribution in [1.82, 2.24) is 5.32 Å². The number of methoxy groups -OCH3 is 1. The first-order valence-electron chi connectivity index (χ1n) is 14.0. The van der Waals surface area contributed by atoms with E-state index in [0.717, 1.165) is 47.3 Å². The minimum atomic E-state index is -3.38. The van der Waals surface area contributed by atoms with Crippen molar-refractivity contribution in [3.8, 4) is 11.1 Å². The van der Waals surface area contributed by atoms with Crippen LogP contribution in [0.2, 0.25) is 0 Å². The minimum absolute atomic E-state index is 0.0818. The molecule has 0 aliphatic rings. The van der Waals surface area contributed by atoms with Crippen LogP contribution in [0.3, 0.4) is 0 Å². The van der Waals surface area contributed by atoms with E-state index in [0.29, 0.717) is 17.7 Å². The quantitative estimate of drug-likeness (QED) is 0.220. The van der Waals surface area contributed by atoms with Crippen LogP contribution in [0.25, 0.3) is 11.1 Å². The Balaban J connectivity index is 0.00000144. The van der Waals surface area contributed by atoms with E-state index >= 15 is 0 Å². The standard InChI is InChI=1S/C29H35NO6S2.C3H8O/c1-5-8-22-12-14-27(37-22)20(3)36-18-21-11-13-24(25(17-21)23-10-7-6-9-19(23)2)28(31)30-26(29(32)33)15-16-38(4,34)35;1-3-4-2/h6-7,9-14,17,20,26H,5,8,15-16,18H2,1-4H3,(H,30,31)(H,32,33);3H2,1-2H3. The lowest BCUT2D eigenvalue weighted by molar-refractivity contribution is -0.139. The van der Waals surface area contributed by atoms with Crippen molar-refractivity contribution in [2.75, 3.05) is 25.7 Å². The molecular weight excluding hydrogens is 574 g/mol. The lowest BCUT2D eigenvalue weighted by atomic mass is 9.93. The van der Waals surface area contributed by atoms with Crippen molar-refractivity contribution in [3.63, 3.8) is 0 Å². The third-order valence-electron chi connectivity index (χ3n) is 6.51. The molecule has 0 aliphatic carbocycles. The number of aliphatic carboxylic acids is 1. The Labute approximate surface area is 254 Å². The van der Waals surface area contributed by atoms with E-state index in [1.807, 2.05) is 51.1 Å². The fraction of sp³-hybridized carbons (Fsp3) is 0.438. The molecule has 3 rings (SSSR count). The normalized spacial score (nSPS) is 12.6. The maximum Gasteiger partial charge on any atom is 0.326 e. The summed E-state index contributed by atoms with van der Waals surface area (Å²) in [5.41, 5.74) is 3.65. The molecule has 1 heterocycles. The van der Waals surface area contributed by atoms with Gasteiger partial charge in [0.05, 0.1) is 18.5 Å². The lowest BCUT2D eigenvalue weighted by Gasteiger charge is -2.18. The first kappa shape index (κ1) is 35.1. The van der Waals surface area contributed by atoms with Crippen LogP contribution < -0.4 is 5.32 Å². The topological polar surface area (TPSA) is 119 Å². The second-order valence-electron chi connectivity index (χ2n) is 10.1. The van der Waals surface area contributed by atoms with Crippen LogP contribution in [-0.2, 0) is 37.1 Å². The van der Waals surface area contributed by atoms with Gasteiger partial charge in [-0.2, -0.15) is 0 Å². The number of carbonyl (C=O) groups is 2.